The fourth-order valence-corrected chi connectivity index (χ4v) is 0.920. The molecule has 0 saturated carbocycles. The summed E-state index contributed by atoms with van der Waals surface area (Å²) in [5.74, 6) is 0. The van der Waals surface area contributed by atoms with Gasteiger partial charge in [-0.1, -0.05) is 0 Å². The Morgan fingerprint density at radius 2 is 2.57 bits per heavy atom. The SMILES string of the molecule is CN1C=CC(Cl)C1. The molecule has 0 aliphatic carbocycles. The van der Waals surface area contributed by atoms with Gasteiger partial charge in [-0.3, -0.25) is 0 Å². The molecule has 1 nitrogen and oxygen atoms in total. The Bertz CT molecular complexity index is 80.1. The first-order chi connectivity index (χ1) is 3.29. The zero-order valence-electron chi connectivity index (χ0n) is 4.26. The smallest absolute Gasteiger partial charge is 0.0707 e. The van der Waals surface area contributed by atoms with Gasteiger partial charge in [0.25, 0.3) is 0 Å². The first-order valence-electron chi connectivity index (χ1n) is 2.31. The molecule has 0 aromatic carbocycles. The lowest BCUT2D eigenvalue weighted by atomic mass is 10.5. The van der Waals surface area contributed by atoms with E-state index in [0.717, 1.165) is 6.54 Å². The summed E-state index contributed by atoms with van der Waals surface area (Å²) in [6, 6.07) is 0. The molecule has 0 saturated heterocycles. The Balaban J connectivity index is 2.42. The molecule has 0 bridgehead atoms. The fraction of sp³-hybridized carbons (Fsp3) is 0.600. The summed E-state index contributed by atoms with van der Waals surface area (Å²) >= 11 is 5.68. The predicted molar refractivity (Wildman–Crippen MR) is 31.4 cm³/mol. The number of alkyl halides is 1. The third-order valence-corrected chi connectivity index (χ3v) is 1.30. The van der Waals surface area contributed by atoms with Crippen LogP contribution in [0.15, 0.2) is 12.3 Å². The van der Waals surface area contributed by atoms with Gasteiger partial charge < -0.3 is 4.90 Å². The number of hydrogen-bond acceptors (Lipinski definition) is 1. The van der Waals surface area contributed by atoms with Crippen molar-refractivity contribution in [2.45, 2.75) is 5.38 Å². The highest BCUT2D eigenvalue weighted by Gasteiger charge is 2.06. The number of halogens is 1. The molecule has 40 valence electrons. The van der Waals surface area contributed by atoms with E-state index in [9.17, 15) is 0 Å². The maximum atomic E-state index is 5.68. The standard InChI is InChI=1S/C5H8ClN/c1-7-3-2-5(6)4-7/h2-3,5H,4H2,1H3. The molecule has 0 N–H and O–H groups in total. The summed E-state index contributed by atoms with van der Waals surface area (Å²) in [6.45, 7) is 0.960. The van der Waals surface area contributed by atoms with Crippen molar-refractivity contribution in [3.63, 3.8) is 0 Å². The Hall–Kier alpha value is -0.170. The molecular weight excluding hydrogens is 110 g/mol. The van der Waals surface area contributed by atoms with Gasteiger partial charge >= 0.3 is 0 Å². The highest BCUT2D eigenvalue weighted by atomic mass is 35.5. The predicted octanol–water partition coefficient (Wildman–Crippen LogP) is 1.05. The Labute approximate surface area is 48.6 Å². The minimum absolute atomic E-state index is 0.241. The second-order valence-corrected chi connectivity index (χ2v) is 2.36. The molecule has 2 heteroatoms. The summed E-state index contributed by atoms with van der Waals surface area (Å²) in [7, 11) is 2.01. The molecule has 0 fully saturated rings. The molecule has 1 aliphatic rings. The van der Waals surface area contributed by atoms with Crippen LogP contribution in [0.2, 0.25) is 0 Å². The van der Waals surface area contributed by atoms with Crippen molar-refractivity contribution in [1.82, 2.24) is 4.90 Å². The maximum Gasteiger partial charge on any atom is 0.0707 e. The summed E-state index contributed by atoms with van der Waals surface area (Å²) in [5.41, 5.74) is 0. The maximum absolute atomic E-state index is 5.68. The molecule has 1 atom stereocenters. The molecular formula is C5H8ClN. The molecule has 7 heavy (non-hydrogen) atoms. The molecule has 0 amide bonds. The fourth-order valence-electron chi connectivity index (χ4n) is 0.637. The summed E-state index contributed by atoms with van der Waals surface area (Å²) in [4.78, 5) is 2.07. The van der Waals surface area contributed by atoms with Crippen LogP contribution in [-0.4, -0.2) is 23.9 Å². The molecule has 1 rings (SSSR count). The van der Waals surface area contributed by atoms with E-state index >= 15 is 0 Å². The lowest BCUT2D eigenvalue weighted by Gasteiger charge is -2.05. The minimum Gasteiger partial charge on any atom is -0.379 e. The number of nitrogens with zero attached hydrogens (tertiary/aromatic N) is 1. The summed E-state index contributed by atoms with van der Waals surface area (Å²) in [6.07, 6.45) is 3.99. The van der Waals surface area contributed by atoms with Crippen LogP contribution in [0.3, 0.4) is 0 Å². The van der Waals surface area contributed by atoms with Crippen LogP contribution in [0.25, 0.3) is 0 Å². The van der Waals surface area contributed by atoms with Gasteiger partial charge in [-0.15, -0.1) is 11.6 Å². The van der Waals surface area contributed by atoms with Crippen molar-refractivity contribution >= 4 is 11.6 Å². The van der Waals surface area contributed by atoms with Crippen molar-refractivity contribution in [1.29, 1.82) is 0 Å². The lowest BCUT2D eigenvalue weighted by molar-refractivity contribution is 0.498. The van der Waals surface area contributed by atoms with Gasteiger partial charge in [0.2, 0.25) is 0 Å². The van der Waals surface area contributed by atoms with Gasteiger partial charge in [-0.05, 0) is 12.3 Å². The van der Waals surface area contributed by atoms with Crippen molar-refractivity contribution in [2.24, 2.45) is 0 Å². The van der Waals surface area contributed by atoms with Crippen LogP contribution in [0.1, 0.15) is 0 Å². The summed E-state index contributed by atoms with van der Waals surface area (Å²) < 4.78 is 0. The van der Waals surface area contributed by atoms with E-state index in [0.29, 0.717) is 0 Å². The van der Waals surface area contributed by atoms with E-state index in [1.807, 2.05) is 19.3 Å². The van der Waals surface area contributed by atoms with Gasteiger partial charge in [-0.25, -0.2) is 0 Å². The van der Waals surface area contributed by atoms with Gasteiger partial charge in [0.05, 0.1) is 5.38 Å². The average molecular weight is 118 g/mol. The highest BCUT2D eigenvalue weighted by Crippen LogP contribution is 2.07. The largest absolute Gasteiger partial charge is 0.379 e. The van der Waals surface area contributed by atoms with Crippen molar-refractivity contribution in [3.8, 4) is 0 Å². The minimum atomic E-state index is 0.241. The summed E-state index contributed by atoms with van der Waals surface area (Å²) in [5, 5.41) is 0.241. The Morgan fingerprint density at radius 1 is 1.86 bits per heavy atom. The van der Waals surface area contributed by atoms with E-state index in [2.05, 4.69) is 4.90 Å². The van der Waals surface area contributed by atoms with Crippen LogP contribution in [-0.2, 0) is 0 Å². The Kier molecular flexibility index (Phi) is 1.24. The van der Waals surface area contributed by atoms with Crippen molar-refractivity contribution < 1.29 is 0 Å². The Morgan fingerprint density at radius 3 is 2.71 bits per heavy atom. The third-order valence-electron chi connectivity index (χ3n) is 1.01. The lowest BCUT2D eigenvalue weighted by Crippen LogP contribution is -2.11. The molecule has 0 aromatic heterocycles. The van der Waals surface area contributed by atoms with Crippen LogP contribution in [0.4, 0.5) is 0 Å². The molecule has 1 aliphatic heterocycles. The number of hydrogen-bond donors (Lipinski definition) is 0. The first kappa shape index (κ1) is 4.98. The van der Waals surface area contributed by atoms with Crippen molar-refractivity contribution in [2.75, 3.05) is 13.6 Å². The average Bonchev–Trinajstić information content (AvgIpc) is 1.87. The van der Waals surface area contributed by atoms with Crippen LogP contribution < -0.4 is 0 Å². The normalized spacial score (nSPS) is 29.4. The van der Waals surface area contributed by atoms with Gasteiger partial charge in [0, 0.05) is 13.6 Å². The highest BCUT2D eigenvalue weighted by molar-refractivity contribution is 6.22. The van der Waals surface area contributed by atoms with Crippen LogP contribution >= 0.6 is 11.6 Å². The van der Waals surface area contributed by atoms with E-state index in [1.54, 1.807) is 0 Å². The zero-order chi connectivity index (χ0) is 5.28. The van der Waals surface area contributed by atoms with Crippen LogP contribution in [0, 0.1) is 0 Å². The molecule has 0 spiro atoms. The topological polar surface area (TPSA) is 3.24 Å². The second kappa shape index (κ2) is 1.74. The monoisotopic (exact) mass is 117 g/mol. The first-order valence-corrected chi connectivity index (χ1v) is 2.75. The quantitative estimate of drug-likeness (QED) is 0.429. The van der Waals surface area contributed by atoms with E-state index in [1.165, 1.54) is 0 Å². The molecule has 1 heterocycles. The molecule has 1 unspecified atom stereocenters. The van der Waals surface area contributed by atoms with E-state index < -0.39 is 0 Å². The van der Waals surface area contributed by atoms with Gasteiger partial charge in [-0.2, -0.15) is 0 Å². The third kappa shape index (κ3) is 1.10. The van der Waals surface area contributed by atoms with E-state index in [4.69, 9.17) is 11.6 Å². The zero-order valence-corrected chi connectivity index (χ0v) is 5.02. The molecule has 0 radical (unpaired) electrons. The van der Waals surface area contributed by atoms with Crippen LogP contribution in [0.5, 0.6) is 0 Å². The molecule has 0 aromatic rings. The van der Waals surface area contributed by atoms with Gasteiger partial charge in [0.15, 0.2) is 0 Å². The second-order valence-electron chi connectivity index (χ2n) is 1.80. The van der Waals surface area contributed by atoms with Gasteiger partial charge in [0.1, 0.15) is 0 Å². The van der Waals surface area contributed by atoms with Crippen molar-refractivity contribution in [3.05, 3.63) is 12.3 Å². The van der Waals surface area contributed by atoms with E-state index in [-0.39, 0.29) is 5.38 Å². The number of rotatable bonds is 0.